The fourth-order valence-corrected chi connectivity index (χ4v) is 4.58. The van der Waals surface area contributed by atoms with E-state index in [0.29, 0.717) is 29.2 Å². The van der Waals surface area contributed by atoms with Gasteiger partial charge in [-0.3, -0.25) is 9.69 Å². The molecule has 1 aliphatic rings. The predicted molar refractivity (Wildman–Crippen MR) is 153 cm³/mol. The number of likely N-dealkylation sites (N-methyl/N-ethyl adjacent to an activating group) is 1. The van der Waals surface area contributed by atoms with E-state index in [4.69, 9.17) is 14.2 Å². The lowest BCUT2D eigenvalue weighted by atomic mass is 10.1. The second kappa shape index (κ2) is 13.6. The summed E-state index contributed by atoms with van der Waals surface area (Å²) in [4.78, 5) is 25.4. The van der Waals surface area contributed by atoms with Gasteiger partial charge in [0.15, 0.2) is 5.75 Å². The Morgan fingerprint density at radius 1 is 1.21 bits per heavy atom. The minimum atomic E-state index is -0.307. The first-order chi connectivity index (χ1) is 19.0. The Hall–Kier alpha value is -4.15. The van der Waals surface area contributed by atoms with Crippen molar-refractivity contribution < 1.29 is 19.0 Å². The van der Waals surface area contributed by atoms with E-state index in [1.165, 1.54) is 18.9 Å². The molecular weight excluding hydrogens is 496 g/mol. The van der Waals surface area contributed by atoms with Gasteiger partial charge < -0.3 is 29.7 Å². The number of benzene rings is 2. The smallest absolute Gasteiger partial charge is 0.267 e. The average molecular weight is 533 g/mol. The highest BCUT2D eigenvalue weighted by molar-refractivity contribution is 5.98. The van der Waals surface area contributed by atoms with Crippen LogP contribution < -0.4 is 25.0 Å². The Morgan fingerprint density at radius 2 is 2.03 bits per heavy atom. The number of nitrogens with one attached hydrogen (secondary N) is 2. The van der Waals surface area contributed by atoms with Crippen molar-refractivity contribution in [3.63, 3.8) is 0 Å². The highest BCUT2D eigenvalue weighted by Gasteiger charge is 2.27. The zero-order valence-corrected chi connectivity index (χ0v) is 22.7. The fourth-order valence-electron chi connectivity index (χ4n) is 4.58. The molecular formula is C29H36N6O4. The molecule has 10 heteroatoms. The molecule has 2 heterocycles. The van der Waals surface area contributed by atoms with E-state index in [1.54, 1.807) is 37.6 Å². The van der Waals surface area contributed by atoms with E-state index < -0.39 is 0 Å². The number of likely N-dealkylation sites (tertiary alicyclic amines) is 1. The zero-order chi connectivity index (χ0) is 27.6. The number of aromatic nitrogens is 2. The number of nitrogens with zero attached hydrogens (tertiary/aromatic N) is 4. The van der Waals surface area contributed by atoms with Crippen LogP contribution in [0.25, 0.3) is 0 Å². The minimum Gasteiger partial charge on any atom is -0.490 e. The van der Waals surface area contributed by atoms with Crippen molar-refractivity contribution in [2.75, 3.05) is 62.5 Å². The molecule has 0 bridgehead atoms. The van der Waals surface area contributed by atoms with E-state index in [2.05, 4.69) is 56.0 Å². The molecule has 2 aromatic carbocycles. The van der Waals surface area contributed by atoms with Crippen molar-refractivity contribution in [2.24, 2.45) is 0 Å². The Balaban J connectivity index is 1.43. The summed E-state index contributed by atoms with van der Waals surface area (Å²) in [6.45, 7) is 10.5. The van der Waals surface area contributed by atoms with E-state index in [0.717, 1.165) is 44.9 Å². The van der Waals surface area contributed by atoms with Gasteiger partial charge in [-0.2, -0.15) is 4.98 Å². The second-order valence-electron chi connectivity index (χ2n) is 9.08. The Kier molecular flexibility index (Phi) is 9.71. The van der Waals surface area contributed by atoms with Crippen molar-refractivity contribution >= 4 is 28.9 Å². The summed E-state index contributed by atoms with van der Waals surface area (Å²) in [6.07, 6.45) is 3.90. The molecule has 1 fully saturated rings. The topological polar surface area (TPSA) is 101 Å². The number of carbonyl (C=O) groups excluding carboxylic acids is 1. The molecule has 0 unspecified atom stereocenters. The number of amides is 1. The fraction of sp³-hybridized carbons (Fsp3) is 0.345. The van der Waals surface area contributed by atoms with Crippen LogP contribution in [-0.2, 0) is 9.53 Å². The number of ether oxygens (including phenoxy) is 3. The van der Waals surface area contributed by atoms with Crippen LogP contribution in [0.2, 0.25) is 0 Å². The minimum absolute atomic E-state index is 0.246. The number of rotatable bonds is 13. The molecule has 1 aliphatic heterocycles. The second-order valence-corrected chi connectivity index (χ2v) is 9.08. The standard InChI is InChI=1S/C29H36N6O4/c1-5-27(36)31-22-8-7-9-25(18-22)39-28-26(38-4)19-30-29(33-28)32-21-10-12-23(13-11-21)35(6-2)24-14-15-34(20-24)16-17-37-3/h5,7-13,18-19,24H,1,6,14-17,20H2,2-4H3,(H,31,36)(H,30,32,33)/t24-/m0/s1. The third kappa shape index (κ3) is 7.46. The van der Waals surface area contributed by atoms with Crippen LogP contribution in [0.15, 0.2) is 67.4 Å². The lowest BCUT2D eigenvalue weighted by Crippen LogP contribution is -2.38. The van der Waals surface area contributed by atoms with Crippen LogP contribution in [0, 0.1) is 0 Å². The van der Waals surface area contributed by atoms with Gasteiger partial charge in [-0.15, -0.1) is 0 Å². The Bertz CT molecular complexity index is 1250. The first-order valence-corrected chi connectivity index (χ1v) is 13.0. The number of methoxy groups -OCH3 is 2. The van der Waals surface area contributed by atoms with Crippen LogP contribution >= 0.6 is 0 Å². The molecule has 39 heavy (non-hydrogen) atoms. The maximum atomic E-state index is 11.6. The molecule has 1 aromatic heterocycles. The molecule has 0 radical (unpaired) electrons. The predicted octanol–water partition coefficient (Wildman–Crippen LogP) is 4.69. The van der Waals surface area contributed by atoms with Gasteiger partial charge in [0, 0.05) is 62.5 Å². The van der Waals surface area contributed by atoms with Crippen LogP contribution in [0.3, 0.4) is 0 Å². The van der Waals surface area contributed by atoms with Gasteiger partial charge in [-0.05, 0) is 55.8 Å². The van der Waals surface area contributed by atoms with E-state index in [1.807, 2.05) is 12.1 Å². The Morgan fingerprint density at radius 3 is 2.74 bits per heavy atom. The molecule has 1 atom stereocenters. The number of carbonyl (C=O) groups is 1. The molecule has 0 spiro atoms. The monoisotopic (exact) mass is 532 g/mol. The normalized spacial score (nSPS) is 15.0. The maximum Gasteiger partial charge on any atom is 0.267 e. The lowest BCUT2D eigenvalue weighted by molar-refractivity contribution is -0.111. The zero-order valence-electron chi connectivity index (χ0n) is 22.7. The van der Waals surface area contributed by atoms with Gasteiger partial charge in [-0.25, -0.2) is 4.98 Å². The highest BCUT2D eigenvalue weighted by atomic mass is 16.5. The van der Waals surface area contributed by atoms with E-state index in [9.17, 15) is 4.79 Å². The summed E-state index contributed by atoms with van der Waals surface area (Å²) in [5.41, 5.74) is 2.61. The van der Waals surface area contributed by atoms with Gasteiger partial charge >= 0.3 is 0 Å². The average Bonchev–Trinajstić information content (AvgIpc) is 3.42. The Labute approximate surface area is 229 Å². The lowest BCUT2D eigenvalue weighted by Gasteiger charge is -2.30. The van der Waals surface area contributed by atoms with Crippen molar-refractivity contribution in [3.05, 3.63) is 67.4 Å². The van der Waals surface area contributed by atoms with Crippen LogP contribution in [0.1, 0.15) is 13.3 Å². The van der Waals surface area contributed by atoms with E-state index in [-0.39, 0.29) is 11.8 Å². The van der Waals surface area contributed by atoms with Crippen molar-refractivity contribution in [1.29, 1.82) is 0 Å². The van der Waals surface area contributed by atoms with Gasteiger partial charge in [-0.1, -0.05) is 12.6 Å². The number of hydrogen-bond acceptors (Lipinski definition) is 9. The highest BCUT2D eigenvalue weighted by Crippen LogP contribution is 2.32. The molecule has 1 saturated heterocycles. The van der Waals surface area contributed by atoms with Crippen molar-refractivity contribution in [1.82, 2.24) is 14.9 Å². The summed E-state index contributed by atoms with van der Waals surface area (Å²) in [5.74, 6) is 1.17. The molecule has 0 aliphatic carbocycles. The molecule has 2 N–H and O–H groups in total. The first kappa shape index (κ1) is 27.9. The van der Waals surface area contributed by atoms with Gasteiger partial charge in [0.1, 0.15) is 5.75 Å². The summed E-state index contributed by atoms with van der Waals surface area (Å²) in [6, 6.07) is 15.7. The van der Waals surface area contributed by atoms with Crippen LogP contribution in [0.4, 0.5) is 23.0 Å². The van der Waals surface area contributed by atoms with Crippen molar-refractivity contribution in [2.45, 2.75) is 19.4 Å². The molecule has 1 amide bonds. The third-order valence-corrected chi connectivity index (χ3v) is 6.54. The molecule has 4 rings (SSSR count). The van der Waals surface area contributed by atoms with Gasteiger partial charge in [0.25, 0.3) is 5.88 Å². The molecule has 206 valence electrons. The first-order valence-electron chi connectivity index (χ1n) is 13.0. The largest absolute Gasteiger partial charge is 0.490 e. The summed E-state index contributed by atoms with van der Waals surface area (Å²) in [5, 5.41) is 5.95. The number of hydrogen-bond donors (Lipinski definition) is 2. The van der Waals surface area contributed by atoms with Gasteiger partial charge in [0.05, 0.1) is 19.9 Å². The molecule has 3 aromatic rings. The summed E-state index contributed by atoms with van der Waals surface area (Å²) >= 11 is 0. The summed E-state index contributed by atoms with van der Waals surface area (Å²) in [7, 11) is 3.28. The number of anilines is 4. The summed E-state index contributed by atoms with van der Waals surface area (Å²) < 4.78 is 16.6. The van der Waals surface area contributed by atoms with Crippen LogP contribution in [0.5, 0.6) is 17.4 Å². The van der Waals surface area contributed by atoms with Crippen LogP contribution in [-0.4, -0.2) is 73.8 Å². The molecule has 10 nitrogen and oxygen atoms in total. The SMILES string of the molecule is C=CC(=O)Nc1cccc(Oc2nc(Nc3ccc(N(CC)[C@H]4CCN(CCOC)C4)cc3)ncc2OC)c1. The quantitative estimate of drug-likeness (QED) is 0.304. The van der Waals surface area contributed by atoms with E-state index >= 15 is 0 Å². The molecule has 0 saturated carbocycles. The van der Waals surface area contributed by atoms with Gasteiger partial charge in [0.2, 0.25) is 11.9 Å². The van der Waals surface area contributed by atoms with Crippen molar-refractivity contribution in [3.8, 4) is 17.4 Å². The maximum absolute atomic E-state index is 11.6. The third-order valence-electron chi connectivity index (χ3n) is 6.54.